The second kappa shape index (κ2) is 10.0. The molecule has 1 fully saturated rings. The van der Waals surface area contributed by atoms with Gasteiger partial charge in [-0.1, -0.05) is 42.0 Å². The molecule has 0 radical (unpaired) electrons. The average molecular weight is 447 g/mol. The van der Waals surface area contributed by atoms with Crippen molar-refractivity contribution in [2.75, 3.05) is 31.9 Å². The molecule has 2 aromatic carbocycles. The molecule has 6 heteroatoms. The standard InChI is InChI=1S/C26H27ClN4O/c1-18-5-6-20(26(32)29-11-14-31-12-3-2-4-13-31)15-19(18)8-10-23-24-16-22(27)9-7-21(24)17-30-25(23)28/h5-7,9,15-17H,2-4,11-14H2,1H3,(H2,28,30)(H,29,32). The number of nitrogens with two attached hydrogens (primary N) is 1. The number of aryl methyl sites for hydroxylation is 1. The number of carbonyl (C=O) groups excluding carboxylic acids is 1. The van der Waals surface area contributed by atoms with E-state index in [1.54, 1.807) is 6.20 Å². The summed E-state index contributed by atoms with van der Waals surface area (Å²) in [7, 11) is 0. The molecule has 32 heavy (non-hydrogen) atoms. The number of hydrogen-bond acceptors (Lipinski definition) is 4. The molecule has 0 unspecified atom stereocenters. The molecule has 4 rings (SSSR count). The number of nitrogen functional groups attached to an aromatic ring is 1. The van der Waals surface area contributed by atoms with E-state index in [4.69, 9.17) is 17.3 Å². The van der Waals surface area contributed by atoms with Crippen LogP contribution in [-0.4, -0.2) is 42.0 Å². The Morgan fingerprint density at radius 2 is 1.97 bits per heavy atom. The molecule has 0 aliphatic carbocycles. The van der Waals surface area contributed by atoms with E-state index in [-0.39, 0.29) is 5.91 Å². The van der Waals surface area contributed by atoms with Gasteiger partial charge in [-0.3, -0.25) is 4.79 Å². The Kier molecular flexibility index (Phi) is 6.94. The highest BCUT2D eigenvalue weighted by molar-refractivity contribution is 6.31. The van der Waals surface area contributed by atoms with Crippen molar-refractivity contribution in [3.63, 3.8) is 0 Å². The van der Waals surface area contributed by atoms with Crippen LogP contribution in [0.3, 0.4) is 0 Å². The molecular formula is C26H27ClN4O. The van der Waals surface area contributed by atoms with Crippen LogP contribution in [0.25, 0.3) is 10.8 Å². The summed E-state index contributed by atoms with van der Waals surface area (Å²) in [5, 5.41) is 5.43. The van der Waals surface area contributed by atoms with E-state index in [9.17, 15) is 4.79 Å². The molecule has 1 amide bonds. The first-order valence-electron chi connectivity index (χ1n) is 11.0. The Bertz CT molecular complexity index is 1200. The number of aromatic nitrogens is 1. The minimum Gasteiger partial charge on any atom is -0.383 e. The van der Waals surface area contributed by atoms with Gasteiger partial charge in [-0.25, -0.2) is 4.98 Å². The number of fused-ring (bicyclic) bond motifs is 1. The van der Waals surface area contributed by atoms with Crippen LogP contribution < -0.4 is 11.1 Å². The minimum absolute atomic E-state index is 0.0804. The first-order chi connectivity index (χ1) is 15.5. The van der Waals surface area contributed by atoms with Crippen LogP contribution in [0.15, 0.2) is 42.6 Å². The number of pyridine rings is 1. The minimum atomic E-state index is -0.0804. The first kappa shape index (κ1) is 22.1. The fraction of sp³-hybridized carbons (Fsp3) is 0.308. The summed E-state index contributed by atoms with van der Waals surface area (Å²) in [6.07, 6.45) is 5.52. The highest BCUT2D eigenvalue weighted by Gasteiger charge is 2.12. The summed E-state index contributed by atoms with van der Waals surface area (Å²) in [6, 6.07) is 11.2. The number of carbonyl (C=O) groups is 1. The van der Waals surface area contributed by atoms with Gasteiger partial charge >= 0.3 is 0 Å². The van der Waals surface area contributed by atoms with Gasteiger partial charge < -0.3 is 16.0 Å². The molecule has 1 aliphatic rings. The van der Waals surface area contributed by atoms with E-state index >= 15 is 0 Å². The smallest absolute Gasteiger partial charge is 0.251 e. The van der Waals surface area contributed by atoms with E-state index in [0.29, 0.717) is 28.5 Å². The highest BCUT2D eigenvalue weighted by atomic mass is 35.5. The molecule has 164 valence electrons. The molecule has 1 aliphatic heterocycles. The number of likely N-dealkylation sites (tertiary alicyclic amines) is 1. The van der Waals surface area contributed by atoms with E-state index in [1.165, 1.54) is 19.3 Å². The molecule has 0 saturated carbocycles. The summed E-state index contributed by atoms with van der Waals surface area (Å²) in [5.41, 5.74) is 9.13. The zero-order chi connectivity index (χ0) is 22.5. The number of amides is 1. The maximum absolute atomic E-state index is 12.7. The van der Waals surface area contributed by atoms with Gasteiger partial charge in [-0.15, -0.1) is 0 Å². The molecule has 3 N–H and O–H groups in total. The van der Waals surface area contributed by atoms with Gasteiger partial charge in [0.25, 0.3) is 5.91 Å². The van der Waals surface area contributed by atoms with Gasteiger partial charge in [0.15, 0.2) is 0 Å². The fourth-order valence-corrected chi connectivity index (χ4v) is 4.14. The third-order valence-electron chi connectivity index (χ3n) is 5.87. The highest BCUT2D eigenvalue weighted by Crippen LogP contribution is 2.25. The third-order valence-corrected chi connectivity index (χ3v) is 6.10. The van der Waals surface area contributed by atoms with Gasteiger partial charge in [-0.2, -0.15) is 0 Å². The lowest BCUT2D eigenvalue weighted by molar-refractivity contribution is 0.0946. The van der Waals surface area contributed by atoms with Crippen LogP contribution in [0, 0.1) is 18.8 Å². The maximum atomic E-state index is 12.7. The van der Waals surface area contributed by atoms with Crippen LogP contribution in [0.4, 0.5) is 5.82 Å². The number of hydrogen-bond donors (Lipinski definition) is 2. The zero-order valence-corrected chi connectivity index (χ0v) is 19.0. The molecule has 1 saturated heterocycles. The quantitative estimate of drug-likeness (QED) is 0.583. The Morgan fingerprint density at radius 3 is 2.78 bits per heavy atom. The van der Waals surface area contributed by atoms with Gasteiger partial charge in [0.1, 0.15) is 5.82 Å². The zero-order valence-electron chi connectivity index (χ0n) is 18.2. The molecule has 1 aromatic heterocycles. The lowest BCUT2D eigenvalue weighted by Gasteiger charge is -2.26. The predicted octanol–water partition coefficient (Wildman–Crippen LogP) is 4.39. The van der Waals surface area contributed by atoms with Crippen molar-refractivity contribution < 1.29 is 4.79 Å². The van der Waals surface area contributed by atoms with Crippen molar-refractivity contribution in [2.24, 2.45) is 0 Å². The van der Waals surface area contributed by atoms with Crippen molar-refractivity contribution in [3.8, 4) is 11.8 Å². The Morgan fingerprint density at radius 1 is 1.16 bits per heavy atom. The lowest BCUT2D eigenvalue weighted by atomic mass is 10.0. The number of nitrogens with zero attached hydrogens (tertiary/aromatic N) is 2. The number of halogens is 1. The van der Waals surface area contributed by atoms with Gasteiger partial charge in [0.05, 0.1) is 5.56 Å². The maximum Gasteiger partial charge on any atom is 0.251 e. The average Bonchev–Trinajstić information content (AvgIpc) is 2.80. The fourth-order valence-electron chi connectivity index (χ4n) is 3.97. The molecule has 0 bridgehead atoms. The Balaban J connectivity index is 1.52. The summed E-state index contributed by atoms with van der Waals surface area (Å²) >= 11 is 6.18. The Hall–Kier alpha value is -3.07. The second-order valence-corrected chi connectivity index (χ2v) is 8.62. The summed E-state index contributed by atoms with van der Waals surface area (Å²) in [5.74, 6) is 6.62. The number of rotatable bonds is 4. The van der Waals surface area contributed by atoms with Gasteiger partial charge in [-0.05, 0) is 62.7 Å². The van der Waals surface area contributed by atoms with Crippen LogP contribution in [0.1, 0.15) is 46.3 Å². The molecule has 5 nitrogen and oxygen atoms in total. The van der Waals surface area contributed by atoms with Gasteiger partial charge in [0.2, 0.25) is 0 Å². The van der Waals surface area contributed by atoms with Crippen LogP contribution in [-0.2, 0) is 0 Å². The van der Waals surface area contributed by atoms with Crippen molar-refractivity contribution >= 4 is 34.1 Å². The van der Waals surface area contributed by atoms with Crippen molar-refractivity contribution in [1.82, 2.24) is 15.2 Å². The van der Waals surface area contributed by atoms with E-state index < -0.39 is 0 Å². The van der Waals surface area contributed by atoms with Crippen molar-refractivity contribution in [3.05, 3.63) is 69.9 Å². The number of anilines is 1. The molecule has 0 spiro atoms. The number of nitrogens with one attached hydrogen (secondary N) is 1. The summed E-state index contributed by atoms with van der Waals surface area (Å²) in [4.78, 5) is 19.3. The van der Waals surface area contributed by atoms with Crippen molar-refractivity contribution in [2.45, 2.75) is 26.2 Å². The van der Waals surface area contributed by atoms with E-state index in [1.807, 2.05) is 43.3 Å². The topological polar surface area (TPSA) is 71.2 Å². The third kappa shape index (κ3) is 5.21. The number of piperidine rings is 1. The predicted molar refractivity (Wildman–Crippen MR) is 131 cm³/mol. The van der Waals surface area contributed by atoms with Gasteiger partial charge in [0, 0.05) is 46.2 Å². The monoisotopic (exact) mass is 446 g/mol. The normalized spacial score (nSPS) is 14.1. The Labute approximate surface area is 194 Å². The lowest BCUT2D eigenvalue weighted by Crippen LogP contribution is -2.37. The molecular weight excluding hydrogens is 420 g/mol. The van der Waals surface area contributed by atoms with Crippen LogP contribution in [0.5, 0.6) is 0 Å². The second-order valence-electron chi connectivity index (χ2n) is 8.19. The largest absolute Gasteiger partial charge is 0.383 e. The molecule has 3 aromatic rings. The number of benzene rings is 2. The van der Waals surface area contributed by atoms with Crippen LogP contribution in [0.2, 0.25) is 5.02 Å². The van der Waals surface area contributed by atoms with E-state index in [2.05, 4.69) is 27.0 Å². The SMILES string of the molecule is Cc1ccc(C(=O)NCCN2CCCCC2)cc1C#Cc1c(N)ncc2ccc(Cl)cc12. The summed E-state index contributed by atoms with van der Waals surface area (Å²) in [6.45, 7) is 5.76. The molecule has 2 heterocycles. The first-order valence-corrected chi connectivity index (χ1v) is 11.4. The molecule has 0 atom stereocenters. The van der Waals surface area contributed by atoms with Crippen LogP contribution >= 0.6 is 11.6 Å². The van der Waals surface area contributed by atoms with E-state index in [0.717, 1.165) is 41.5 Å². The summed E-state index contributed by atoms with van der Waals surface area (Å²) < 4.78 is 0. The van der Waals surface area contributed by atoms with Crippen molar-refractivity contribution in [1.29, 1.82) is 0 Å².